The molecule has 0 unspecified atom stereocenters. The van der Waals surface area contributed by atoms with Gasteiger partial charge in [-0.2, -0.15) is 0 Å². The molecule has 2 N–H and O–H groups in total. The van der Waals surface area contributed by atoms with Gasteiger partial charge in [0.05, 0.1) is 0 Å². The molecule has 0 aliphatic carbocycles. The largest absolute Gasteiger partial charge is 0.364 e. The van der Waals surface area contributed by atoms with Crippen LogP contribution in [-0.2, 0) is 0 Å². The van der Waals surface area contributed by atoms with Crippen molar-refractivity contribution in [2.45, 2.75) is 0 Å². The number of primary amides is 1. The van der Waals surface area contributed by atoms with Crippen LogP contribution in [0.5, 0.6) is 0 Å². The van der Waals surface area contributed by atoms with Crippen LogP contribution in [0.4, 0.5) is 0 Å². The minimum Gasteiger partial charge on any atom is -0.364 e. The maximum atomic E-state index is 10.5. The van der Waals surface area contributed by atoms with Crippen molar-refractivity contribution in [3.05, 3.63) is 29.0 Å². The van der Waals surface area contributed by atoms with Crippen LogP contribution < -0.4 is 5.73 Å². The molecule has 0 bridgehead atoms. The van der Waals surface area contributed by atoms with Gasteiger partial charge in [-0.25, -0.2) is 4.98 Å². The van der Waals surface area contributed by atoms with E-state index in [-0.39, 0.29) is 10.8 Å². The van der Waals surface area contributed by atoms with Crippen molar-refractivity contribution in [3.8, 4) is 0 Å². The molecule has 0 saturated carbocycles. The highest BCUT2D eigenvalue weighted by Crippen LogP contribution is 2.03. The molecule has 1 aromatic rings. The lowest BCUT2D eigenvalue weighted by Gasteiger charge is -1.92. The number of hydrogen-bond donors (Lipinski definition) is 1. The molecule has 0 aliphatic rings. The molecule has 0 radical (unpaired) electrons. The maximum absolute atomic E-state index is 10.5. The lowest BCUT2D eigenvalue weighted by atomic mass is 10.3. The maximum Gasteiger partial charge on any atom is 0.267 e. The molecule has 52 valence electrons. The molecular formula is C6H5ClN2O. The summed E-state index contributed by atoms with van der Waals surface area (Å²) in [7, 11) is 0. The highest BCUT2D eigenvalue weighted by molar-refractivity contribution is 6.29. The normalized spacial score (nSPS) is 9.30. The third kappa shape index (κ3) is 1.45. The summed E-state index contributed by atoms with van der Waals surface area (Å²) in [6, 6.07) is 4.71. The van der Waals surface area contributed by atoms with Gasteiger partial charge >= 0.3 is 0 Å². The minimum absolute atomic E-state index is 0.188. The Morgan fingerprint density at radius 1 is 1.60 bits per heavy atom. The zero-order valence-electron chi connectivity index (χ0n) is 5.04. The lowest BCUT2D eigenvalue weighted by Crippen LogP contribution is -2.12. The van der Waals surface area contributed by atoms with Crippen LogP contribution in [-0.4, -0.2) is 10.9 Å². The Bertz CT molecular complexity index is 262. The monoisotopic (exact) mass is 156 g/mol. The summed E-state index contributed by atoms with van der Waals surface area (Å²) >= 11 is 5.47. The number of carbonyl (C=O) groups is 1. The highest BCUT2D eigenvalue weighted by atomic mass is 35.5. The first-order valence-corrected chi connectivity index (χ1v) is 3.00. The summed E-state index contributed by atoms with van der Waals surface area (Å²) < 4.78 is 0. The first-order valence-electron chi connectivity index (χ1n) is 2.62. The number of rotatable bonds is 1. The summed E-state index contributed by atoms with van der Waals surface area (Å²) in [5.41, 5.74) is 5.11. The van der Waals surface area contributed by atoms with Gasteiger partial charge < -0.3 is 5.73 Å². The minimum atomic E-state index is -0.567. The molecule has 0 spiro atoms. The van der Waals surface area contributed by atoms with Crippen LogP contribution in [0.1, 0.15) is 10.5 Å². The zero-order chi connectivity index (χ0) is 7.56. The zero-order valence-corrected chi connectivity index (χ0v) is 5.80. The van der Waals surface area contributed by atoms with Crippen molar-refractivity contribution >= 4 is 17.5 Å². The summed E-state index contributed by atoms with van der Waals surface area (Å²) in [5.74, 6) is -0.567. The predicted molar refractivity (Wildman–Crippen MR) is 37.8 cm³/mol. The molecule has 1 rings (SSSR count). The first-order chi connectivity index (χ1) is 4.70. The summed E-state index contributed by atoms with van der Waals surface area (Å²) in [5, 5.41) is 0.274. The second-order valence-corrected chi connectivity index (χ2v) is 2.10. The lowest BCUT2D eigenvalue weighted by molar-refractivity contribution is 0.0995. The number of hydrogen-bond acceptors (Lipinski definition) is 2. The molecule has 0 atom stereocenters. The summed E-state index contributed by atoms with van der Waals surface area (Å²) in [6.07, 6.45) is 0. The quantitative estimate of drug-likeness (QED) is 0.613. The van der Waals surface area contributed by atoms with Gasteiger partial charge in [0, 0.05) is 0 Å². The van der Waals surface area contributed by atoms with E-state index in [2.05, 4.69) is 4.98 Å². The smallest absolute Gasteiger partial charge is 0.267 e. The Labute approximate surface area is 62.8 Å². The average Bonchev–Trinajstić information content (AvgIpc) is 1.88. The number of carbonyl (C=O) groups excluding carboxylic acids is 1. The Balaban J connectivity index is 3.07. The molecule has 3 nitrogen and oxygen atoms in total. The summed E-state index contributed by atoms with van der Waals surface area (Å²) in [6.45, 7) is 0. The van der Waals surface area contributed by atoms with Crippen LogP contribution in [0, 0.1) is 0 Å². The van der Waals surface area contributed by atoms with E-state index in [0.29, 0.717) is 0 Å². The molecule has 0 aromatic carbocycles. The van der Waals surface area contributed by atoms with E-state index >= 15 is 0 Å². The second-order valence-electron chi connectivity index (χ2n) is 1.71. The molecule has 10 heavy (non-hydrogen) atoms. The molecule has 1 heterocycles. The number of amides is 1. The van der Waals surface area contributed by atoms with E-state index in [9.17, 15) is 4.79 Å². The second kappa shape index (κ2) is 2.66. The van der Waals surface area contributed by atoms with Crippen molar-refractivity contribution in [3.63, 3.8) is 0 Å². The van der Waals surface area contributed by atoms with Gasteiger partial charge in [0.15, 0.2) is 0 Å². The van der Waals surface area contributed by atoms with E-state index in [4.69, 9.17) is 17.3 Å². The van der Waals surface area contributed by atoms with Gasteiger partial charge in [0.1, 0.15) is 10.8 Å². The highest BCUT2D eigenvalue weighted by Gasteiger charge is 1.99. The van der Waals surface area contributed by atoms with Gasteiger partial charge in [-0.3, -0.25) is 4.79 Å². The van der Waals surface area contributed by atoms with Crippen LogP contribution >= 0.6 is 11.6 Å². The molecular weight excluding hydrogens is 152 g/mol. The molecule has 0 fully saturated rings. The standard InChI is InChI=1S/C6H5ClN2O/c7-5-3-1-2-4(9-5)6(8)10/h1-3H,(H2,8,10). The van der Waals surface area contributed by atoms with Crippen molar-refractivity contribution in [1.82, 2.24) is 4.98 Å². The van der Waals surface area contributed by atoms with Crippen molar-refractivity contribution in [2.24, 2.45) is 5.73 Å². The number of halogens is 1. The number of pyridine rings is 1. The number of aromatic nitrogens is 1. The number of nitrogens with zero attached hydrogens (tertiary/aromatic N) is 1. The van der Waals surface area contributed by atoms with E-state index in [1.165, 1.54) is 6.07 Å². The van der Waals surface area contributed by atoms with E-state index in [1.54, 1.807) is 12.1 Å². The Morgan fingerprint density at radius 3 is 2.70 bits per heavy atom. The van der Waals surface area contributed by atoms with Gasteiger partial charge in [0.25, 0.3) is 5.91 Å². The van der Waals surface area contributed by atoms with Gasteiger partial charge in [-0.05, 0) is 12.1 Å². The van der Waals surface area contributed by atoms with E-state index in [0.717, 1.165) is 0 Å². The molecule has 1 amide bonds. The van der Waals surface area contributed by atoms with Gasteiger partial charge in [-0.1, -0.05) is 17.7 Å². The van der Waals surface area contributed by atoms with Crippen LogP contribution in [0.15, 0.2) is 18.2 Å². The van der Waals surface area contributed by atoms with Gasteiger partial charge in [-0.15, -0.1) is 0 Å². The van der Waals surface area contributed by atoms with E-state index < -0.39 is 5.91 Å². The van der Waals surface area contributed by atoms with Crippen LogP contribution in [0.3, 0.4) is 0 Å². The predicted octanol–water partition coefficient (Wildman–Crippen LogP) is 0.834. The van der Waals surface area contributed by atoms with Crippen molar-refractivity contribution in [1.29, 1.82) is 0 Å². The average molecular weight is 157 g/mol. The fourth-order valence-corrected chi connectivity index (χ4v) is 0.709. The third-order valence-corrected chi connectivity index (χ3v) is 1.18. The molecule has 0 aliphatic heterocycles. The van der Waals surface area contributed by atoms with Crippen molar-refractivity contribution < 1.29 is 4.79 Å². The fourth-order valence-electron chi connectivity index (χ4n) is 0.545. The van der Waals surface area contributed by atoms with Crippen LogP contribution in [0.2, 0.25) is 5.15 Å². The van der Waals surface area contributed by atoms with Gasteiger partial charge in [0.2, 0.25) is 0 Å². The molecule has 1 aromatic heterocycles. The third-order valence-electron chi connectivity index (χ3n) is 0.968. The molecule has 0 saturated heterocycles. The Morgan fingerprint density at radius 2 is 2.30 bits per heavy atom. The SMILES string of the molecule is NC(=O)c1cccc(Cl)n1. The fraction of sp³-hybridized carbons (Fsp3) is 0. The Kier molecular flexibility index (Phi) is 1.87. The Hall–Kier alpha value is -1.09. The van der Waals surface area contributed by atoms with E-state index in [1.807, 2.05) is 0 Å². The molecule has 4 heteroatoms. The van der Waals surface area contributed by atoms with Crippen molar-refractivity contribution in [2.75, 3.05) is 0 Å². The first kappa shape index (κ1) is 7.02. The topological polar surface area (TPSA) is 56.0 Å². The van der Waals surface area contributed by atoms with Crippen LogP contribution in [0.25, 0.3) is 0 Å². The summed E-state index contributed by atoms with van der Waals surface area (Å²) in [4.78, 5) is 14.1. The number of nitrogens with two attached hydrogens (primary N) is 1.